The van der Waals surface area contributed by atoms with Gasteiger partial charge in [-0.1, -0.05) is 91.0 Å². The first-order chi connectivity index (χ1) is 11.9. The second kappa shape index (κ2) is 6.85. The van der Waals surface area contributed by atoms with Crippen LogP contribution in [0.1, 0.15) is 22.9 Å². The summed E-state index contributed by atoms with van der Waals surface area (Å²) in [5.41, 5.74) is 3.37. The lowest BCUT2D eigenvalue weighted by atomic mass is 10.1. The van der Waals surface area contributed by atoms with Crippen LogP contribution < -0.4 is 0 Å². The second-order valence-corrected chi connectivity index (χ2v) is 6.46. The average molecular weight is 328 g/mol. The lowest BCUT2D eigenvalue weighted by Crippen LogP contribution is -2.12. The van der Waals surface area contributed by atoms with E-state index in [1.807, 2.05) is 54.6 Å². The maximum Gasteiger partial charge on any atom is 0.167 e. The number of thioether (sulfide) groups is 1. The van der Waals surface area contributed by atoms with Gasteiger partial charge in [0, 0.05) is 11.1 Å². The van der Waals surface area contributed by atoms with Crippen LogP contribution in [-0.4, -0.2) is 10.1 Å². The lowest BCUT2D eigenvalue weighted by molar-refractivity contribution is 0.783. The van der Waals surface area contributed by atoms with Crippen molar-refractivity contribution < 1.29 is 0 Å². The Morgan fingerprint density at radius 1 is 0.542 bits per heavy atom. The third-order valence-corrected chi connectivity index (χ3v) is 4.88. The minimum atomic E-state index is -0.196. The molecule has 0 amide bonds. The smallest absolute Gasteiger partial charge is 0.167 e. The molecule has 0 fully saturated rings. The first-order valence-corrected chi connectivity index (χ1v) is 8.71. The van der Waals surface area contributed by atoms with Gasteiger partial charge in [-0.05, 0) is 17.3 Å². The summed E-state index contributed by atoms with van der Waals surface area (Å²) in [6, 6.07) is 30.9. The molecule has 2 nitrogen and oxygen atoms in total. The van der Waals surface area contributed by atoms with Crippen LogP contribution in [0.5, 0.6) is 0 Å². The highest BCUT2D eigenvalue weighted by Gasteiger charge is 2.21. The predicted octanol–water partition coefficient (Wildman–Crippen LogP) is 5.33. The normalized spacial score (nSPS) is 14.8. The summed E-state index contributed by atoms with van der Waals surface area (Å²) >= 11 is 1.64. The van der Waals surface area contributed by atoms with Gasteiger partial charge < -0.3 is 0 Å². The molecular weight excluding hydrogens is 312 g/mol. The van der Waals surface area contributed by atoms with E-state index >= 15 is 0 Å². The van der Waals surface area contributed by atoms with Crippen molar-refractivity contribution in [3.63, 3.8) is 0 Å². The number of nitrogens with zero attached hydrogens (tertiary/aromatic N) is 2. The van der Waals surface area contributed by atoms with E-state index in [0.29, 0.717) is 0 Å². The molecule has 0 saturated carbocycles. The first kappa shape index (κ1) is 14.9. The van der Waals surface area contributed by atoms with Crippen molar-refractivity contribution in [3.05, 3.63) is 108 Å². The maximum absolute atomic E-state index is 4.89. The minimum absolute atomic E-state index is 0.196. The Balaban J connectivity index is 1.78. The summed E-state index contributed by atoms with van der Waals surface area (Å²) in [6.45, 7) is 0. The Kier molecular flexibility index (Phi) is 4.26. The van der Waals surface area contributed by atoms with Crippen molar-refractivity contribution in [2.24, 2.45) is 9.98 Å². The van der Waals surface area contributed by atoms with Crippen LogP contribution in [0.4, 0.5) is 0 Å². The van der Waals surface area contributed by atoms with E-state index in [2.05, 4.69) is 36.4 Å². The van der Waals surface area contributed by atoms with Gasteiger partial charge in [0.05, 0.1) is 0 Å². The van der Waals surface area contributed by atoms with Crippen molar-refractivity contribution in [1.29, 1.82) is 0 Å². The van der Waals surface area contributed by atoms with Crippen LogP contribution in [0.15, 0.2) is 101 Å². The summed E-state index contributed by atoms with van der Waals surface area (Å²) in [4.78, 5) is 9.78. The highest BCUT2D eigenvalue weighted by molar-refractivity contribution is 8.27. The van der Waals surface area contributed by atoms with Gasteiger partial charge in [0.25, 0.3) is 0 Å². The SMILES string of the molecule is c1ccc(C2=NC(c3ccccc3)N=C(c3ccccc3)S2)cc1. The van der Waals surface area contributed by atoms with Crippen LogP contribution in [0, 0.1) is 0 Å². The minimum Gasteiger partial charge on any atom is -0.246 e. The quantitative estimate of drug-likeness (QED) is 0.638. The zero-order chi connectivity index (χ0) is 16.2. The zero-order valence-electron chi connectivity index (χ0n) is 13.0. The molecule has 0 saturated heterocycles. The third-order valence-electron chi connectivity index (χ3n) is 3.81. The van der Waals surface area contributed by atoms with E-state index in [0.717, 1.165) is 26.8 Å². The number of rotatable bonds is 3. The molecule has 0 N–H and O–H groups in total. The molecule has 24 heavy (non-hydrogen) atoms. The number of benzene rings is 3. The largest absolute Gasteiger partial charge is 0.246 e. The molecule has 1 aliphatic rings. The molecule has 0 spiro atoms. The Labute approximate surface area is 146 Å². The van der Waals surface area contributed by atoms with Gasteiger partial charge in [-0.15, -0.1) is 0 Å². The molecule has 1 aliphatic heterocycles. The number of hydrogen-bond acceptors (Lipinski definition) is 3. The molecule has 3 heteroatoms. The topological polar surface area (TPSA) is 24.7 Å². The molecule has 0 bridgehead atoms. The summed E-state index contributed by atoms with van der Waals surface area (Å²) in [5.74, 6) is 0. The molecule has 3 aromatic carbocycles. The van der Waals surface area contributed by atoms with Gasteiger partial charge >= 0.3 is 0 Å². The van der Waals surface area contributed by atoms with E-state index < -0.39 is 0 Å². The molecule has 3 aromatic rings. The molecule has 0 radical (unpaired) electrons. The number of aliphatic imine (C=N–C) groups is 2. The standard InChI is InChI=1S/C21H16N2S/c1-4-10-16(11-5-1)19-22-20(17-12-6-2-7-13-17)24-21(23-19)18-14-8-3-9-15-18/h1-15,19H. The van der Waals surface area contributed by atoms with Crippen LogP contribution in [-0.2, 0) is 0 Å². The molecule has 0 aromatic heterocycles. The fraction of sp³-hybridized carbons (Fsp3) is 0.0476. The monoisotopic (exact) mass is 328 g/mol. The van der Waals surface area contributed by atoms with Gasteiger partial charge in [0.2, 0.25) is 0 Å². The zero-order valence-corrected chi connectivity index (χ0v) is 13.9. The van der Waals surface area contributed by atoms with Crippen molar-refractivity contribution in [2.45, 2.75) is 6.17 Å². The highest BCUT2D eigenvalue weighted by atomic mass is 32.2. The fourth-order valence-corrected chi connectivity index (χ4v) is 3.59. The summed E-state index contributed by atoms with van der Waals surface area (Å²) in [7, 11) is 0. The first-order valence-electron chi connectivity index (χ1n) is 7.89. The van der Waals surface area contributed by atoms with E-state index in [1.165, 1.54) is 0 Å². The summed E-state index contributed by atoms with van der Waals surface area (Å²) < 4.78 is 0. The average Bonchev–Trinajstić information content (AvgIpc) is 2.70. The van der Waals surface area contributed by atoms with Gasteiger partial charge in [0.1, 0.15) is 10.1 Å². The Bertz CT molecular complexity index is 816. The van der Waals surface area contributed by atoms with Gasteiger partial charge in [-0.3, -0.25) is 0 Å². The van der Waals surface area contributed by atoms with Crippen molar-refractivity contribution in [1.82, 2.24) is 0 Å². The summed E-state index contributed by atoms with van der Waals surface area (Å²) in [5, 5.41) is 2.02. The molecule has 1 heterocycles. The molecular formula is C21H16N2S. The van der Waals surface area contributed by atoms with E-state index in [1.54, 1.807) is 11.8 Å². The molecule has 4 rings (SSSR count). The van der Waals surface area contributed by atoms with E-state index in [9.17, 15) is 0 Å². The predicted molar refractivity (Wildman–Crippen MR) is 103 cm³/mol. The van der Waals surface area contributed by atoms with Gasteiger partial charge in [0.15, 0.2) is 6.17 Å². The van der Waals surface area contributed by atoms with Crippen LogP contribution >= 0.6 is 11.8 Å². The van der Waals surface area contributed by atoms with Gasteiger partial charge in [-0.2, -0.15) is 0 Å². The lowest BCUT2D eigenvalue weighted by Gasteiger charge is -2.20. The second-order valence-electron chi connectivity index (χ2n) is 5.49. The molecule has 0 atom stereocenters. The molecule has 116 valence electrons. The van der Waals surface area contributed by atoms with Crippen molar-refractivity contribution in [2.75, 3.05) is 0 Å². The van der Waals surface area contributed by atoms with Crippen LogP contribution in [0.25, 0.3) is 0 Å². The van der Waals surface area contributed by atoms with E-state index in [-0.39, 0.29) is 6.17 Å². The maximum atomic E-state index is 4.89. The van der Waals surface area contributed by atoms with Gasteiger partial charge in [-0.25, -0.2) is 9.98 Å². The number of hydrogen-bond donors (Lipinski definition) is 0. The molecule has 0 unspecified atom stereocenters. The highest BCUT2D eigenvalue weighted by Crippen LogP contribution is 2.32. The van der Waals surface area contributed by atoms with Crippen LogP contribution in [0.3, 0.4) is 0 Å². The molecule has 0 aliphatic carbocycles. The van der Waals surface area contributed by atoms with E-state index in [4.69, 9.17) is 9.98 Å². The van der Waals surface area contributed by atoms with Crippen molar-refractivity contribution >= 4 is 21.8 Å². The fourth-order valence-electron chi connectivity index (χ4n) is 2.60. The summed E-state index contributed by atoms with van der Waals surface area (Å²) in [6.07, 6.45) is -0.196. The Morgan fingerprint density at radius 3 is 1.42 bits per heavy atom. The van der Waals surface area contributed by atoms with Crippen LogP contribution in [0.2, 0.25) is 0 Å². The van der Waals surface area contributed by atoms with Crippen molar-refractivity contribution in [3.8, 4) is 0 Å². The Hall–Kier alpha value is -2.65. The third kappa shape index (κ3) is 3.17. The Morgan fingerprint density at radius 2 is 0.958 bits per heavy atom.